The average molecular weight is 365 g/mol. The van der Waals surface area contributed by atoms with E-state index in [0.717, 1.165) is 24.0 Å². The summed E-state index contributed by atoms with van der Waals surface area (Å²) in [6, 6.07) is 12.9. The van der Waals surface area contributed by atoms with E-state index in [1.54, 1.807) is 24.3 Å². The predicted molar refractivity (Wildman–Crippen MR) is 108 cm³/mol. The van der Waals surface area contributed by atoms with E-state index in [-0.39, 0.29) is 17.9 Å². The van der Waals surface area contributed by atoms with Gasteiger partial charge in [0.15, 0.2) is 0 Å². The molecule has 142 valence electrons. The maximum Gasteiger partial charge on any atom is 0.255 e. The first-order valence-electron chi connectivity index (χ1n) is 9.58. The fraction of sp³-hybridized carbons (Fsp3) is 0.364. The second-order valence-electron chi connectivity index (χ2n) is 7.19. The number of amides is 2. The zero-order chi connectivity index (χ0) is 19.2. The van der Waals surface area contributed by atoms with E-state index in [9.17, 15) is 9.59 Å². The van der Waals surface area contributed by atoms with Gasteiger partial charge in [-0.25, -0.2) is 0 Å². The fourth-order valence-corrected chi connectivity index (χ4v) is 3.45. The number of nitrogens with one attached hydrogen (secondary N) is 2. The highest BCUT2D eigenvalue weighted by Crippen LogP contribution is 2.20. The number of nitrogens with two attached hydrogens (primary N) is 1. The summed E-state index contributed by atoms with van der Waals surface area (Å²) in [5, 5.41) is 6.03. The quantitative estimate of drug-likeness (QED) is 0.754. The Morgan fingerprint density at radius 3 is 2.26 bits per heavy atom. The summed E-state index contributed by atoms with van der Waals surface area (Å²) in [5.41, 5.74) is 9.33. The van der Waals surface area contributed by atoms with Gasteiger partial charge in [0.05, 0.1) is 0 Å². The van der Waals surface area contributed by atoms with Crippen LogP contribution in [0.2, 0.25) is 0 Å². The third-order valence-electron chi connectivity index (χ3n) is 5.13. The zero-order valence-corrected chi connectivity index (χ0v) is 15.8. The molecular weight excluding hydrogens is 338 g/mol. The third kappa shape index (κ3) is 4.95. The van der Waals surface area contributed by atoms with Gasteiger partial charge in [-0.1, -0.05) is 31.4 Å². The maximum atomic E-state index is 12.5. The molecule has 0 spiro atoms. The van der Waals surface area contributed by atoms with Crippen molar-refractivity contribution < 1.29 is 9.59 Å². The Morgan fingerprint density at radius 1 is 0.963 bits per heavy atom. The normalized spacial score (nSPS) is 14.6. The second-order valence-corrected chi connectivity index (χ2v) is 7.19. The van der Waals surface area contributed by atoms with E-state index in [1.165, 1.54) is 19.3 Å². The van der Waals surface area contributed by atoms with E-state index in [0.29, 0.717) is 23.4 Å². The van der Waals surface area contributed by atoms with Crippen LogP contribution in [0.15, 0.2) is 42.5 Å². The summed E-state index contributed by atoms with van der Waals surface area (Å²) in [5.74, 6) is -0.221. The highest BCUT2D eigenvalue weighted by Gasteiger charge is 2.17. The van der Waals surface area contributed by atoms with E-state index >= 15 is 0 Å². The van der Waals surface area contributed by atoms with Crippen molar-refractivity contribution in [3.63, 3.8) is 0 Å². The van der Waals surface area contributed by atoms with Crippen molar-refractivity contribution in [3.8, 4) is 0 Å². The molecule has 0 atom stereocenters. The van der Waals surface area contributed by atoms with Crippen LogP contribution in [0.4, 0.5) is 5.69 Å². The zero-order valence-electron chi connectivity index (χ0n) is 15.8. The number of anilines is 1. The minimum atomic E-state index is -0.180. The average Bonchev–Trinajstić information content (AvgIpc) is 2.70. The predicted octanol–water partition coefficient (Wildman–Crippen LogP) is 3.77. The van der Waals surface area contributed by atoms with Crippen molar-refractivity contribution in [2.24, 2.45) is 5.73 Å². The lowest BCUT2D eigenvalue weighted by Gasteiger charge is -2.23. The molecule has 4 N–H and O–H groups in total. The molecule has 0 radical (unpaired) electrons. The summed E-state index contributed by atoms with van der Waals surface area (Å²) in [4.78, 5) is 24.9. The molecule has 5 nitrogen and oxygen atoms in total. The molecule has 1 aliphatic rings. The van der Waals surface area contributed by atoms with Crippen LogP contribution in [0.25, 0.3) is 0 Å². The Hall–Kier alpha value is -2.66. The van der Waals surface area contributed by atoms with Gasteiger partial charge in [0.1, 0.15) is 0 Å². The molecule has 0 unspecified atom stereocenters. The molecule has 0 aliphatic heterocycles. The molecule has 1 saturated carbocycles. The molecule has 2 aromatic rings. The minimum Gasteiger partial charge on any atom is -0.349 e. The molecule has 5 heteroatoms. The molecular formula is C22H27N3O2. The summed E-state index contributed by atoms with van der Waals surface area (Å²) in [7, 11) is 0. The van der Waals surface area contributed by atoms with Crippen LogP contribution in [-0.4, -0.2) is 17.9 Å². The fourth-order valence-electron chi connectivity index (χ4n) is 3.45. The standard InChI is InChI=1S/C22H27N3O2/c1-15-13-18(22(27)24-19-5-3-2-4-6-19)11-12-20(15)25-21(26)17-9-7-16(14-23)8-10-17/h7-13,19H,2-6,14,23H2,1H3,(H,24,27)(H,25,26). The summed E-state index contributed by atoms with van der Waals surface area (Å²) < 4.78 is 0. The van der Waals surface area contributed by atoms with Crippen LogP contribution in [0.1, 0.15) is 63.9 Å². The molecule has 1 fully saturated rings. The lowest BCUT2D eigenvalue weighted by Crippen LogP contribution is -2.36. The topological polar surface area (TPSA) is 84.2 Å². The van der Waals surface area contributed by atoms with Crippen molar-refractivity contribution in [2.75, 3.05) is 5.32 Å². The number of benzene rings is 2. The first-order valence-corrected chi connectivity index (χ1v) is 9.58. The van der Waals surface area contributed by atoms with E-state index in [2.05, 4.69) is 10.6 Å². The lowest BCUT2D eigenvalue weighted by molar-refractivity contribution is 0.0927. The Morgan fingerprint density at radius 2 is 1.63 bits per heavy atom. The van der Waals surface area contributed by atoms with Crippen LogP contribution < -0.4 is 16.4 Å². The van der Waals surface area contributed by atoms with Gasteiger partial charge in [-0.3, -0.25) is 9.59 Å². The molecule has 0 aromatic heterocycles. The van der Waals surface area contributed by atoms with Gasteiger partial charge >= 0.3 is 0 Å². The number of carbonyl (C=O) groups excluding carboxylic acids is 2. The van der Waals surface area contributed by atoms with Gasteiger partial charge in [0.2, 0.25) is 0 Å². The van der Waals surface area contributed by atoms with Crippen molar-refractivity contribution >= 4 is 17.5 Å². The molecule has 2 amide bonds. The lowest BCUT2D eigenvalue weighted by atomic mass is 9.95. The van der Waals surface area contributed by atoms with Crippen LogP contribution >= 0.6 is 0 Å². The van der Waals surface area contributed by atoms with E-state index in [1.807, 2.05) is 25.1 Å². The molecule has 2 aromatic carbocycles. The van der Waals surface area contributed by atoms with E-state index in [4.69, 9.17) is 5.73 Å². The largest absolute Gasteiger partial charge is 0.349 e. The Kier molecular flexibility index (Phi) is 6.24. The van der Waals surface area contributed by atoms with Gasteiger partial charge in [-0.05, 0) is 61.2 Å². The third-order valence-corrected chi connectivity index (χ3v) is 5.13. The van der Waals surface area contributed by atoms with E-state index < -0.39 is 0 Å². The first kappa shape index (κ1) is 19.1. The molecule has 3 rings (SSSR count). The number of rotatable bonds is 5. The van der Waals surface area contributed by atoms with Gasteiger partial charge in [-0.2, -0.15) is 0 Å². The minimum absolute atomic E-state index is 0.0414. The molecule has 27 heavy (non-hydrogen) atoms. The molecule has 0 saturated heterocycles. The van der Waals surface area contributed by atoms with Crippen LogP contribution in [0, 0.1) is 6.92 Å². The second kappa shape index (κ2) is 8.82. The van der Waals surface area contributed by atoms with Crippen LogP contribution in [0.3, 0.4) is 0 Å². The highest BCUT2D eigenvalue weighted by atomic mass is 16.2. The Labute approximate surface area is 160 Å². The summed E-state index contributed by atoms with van der Waals surface area (Å²) in [6.07, 6.45) is 5.74. The summed E-state index contributed by atoms with van der Waals surface area (Å²) >= 11 is 0. The van der Waals surface area contributed by atoms with Gasteiger partial charge in [0, 0.05) is 29.4 Å². The highest BCUT2D eigenvalue weighted by molar-refractivity contribution is 6.05. The maximum absolute atomic E-state index is 12.5. The number of aryl methyl sites for hydroxylation is 1. The van der Waals surface area contributed by atoms with Gasteiger partial charge < -0.3 is 16.4 Å². The van der Waals surface area contributed by atoms with Crippen molar-refractivity contribution in [3.05, 3.63) is 64.7 Å². The molecule has 0 bridgehead atoms. The molecule has 1 aliphatic carbocycles. The SMILES string of the molecule is Cc1cc(C(=O)NC2CCCCC2)ccc1NC(=O)c1ccc(CN)cc1. The number of hydrogen-bond acceptors (Lipinski definition) is 3. The van der Waals surface area contributed by atoms with Crippen molar-refractivity contribution in [2.45, 2.75) is 51.6 Å². The van der Waals surface area contributed by atoms with Crippen molar-refractivity contribution in [1.29, 1.82) is 0 Å². The summed E-state index contributed by atoms with van der Waals surface area (Å²) in [6.45, 7) is 2.34. The first-order chi connectivity index (χ1) is 13.1. The molecule has 0 heterocycles. The van der Waals surface area contributed by atoms with Crippen LogP contribution in [-0.2, 0) is 6.54 Å². The van der Waals surface area contributed by atoms with Crippen LogP contribution in [0.5, 0.6) is 0 Å². The number of hydrogen-bond donors (Lipinski definition) is 3. The van der Waals surface area contributed by atoms with Gasteiger partial charge in [-0.15, -0.1) is 0 Å². The number of carbonyl (C=O) groups is 2. The van der Waals surface area contributed by atoms with Gasteiger partial charge in [0.25, 0.3) is 11.8 Å². The Bertz CT molecular complexity index is 809. The smallest absolute Gasteiger partial charge is 0.255 e. The Balaban J connectivity index is 1.64. The monoisotopic (exact) mass is 365 g/mol. The van der Waals surface area contributed by atoms with Crippen molar-refractivity contribution in [1.82, 2.24) is 5.32 Å².